The van der Waals surface area contributed by atoms with Gasteiger partial charge in [0.05, 0.1) is 6.61 Å². The Morgan fingerprint density at radius 2 is 1.68 bits per heavy atom. The Hall–Kier alpha value is -2.95. The summed E-state index contributed by atoms with van der Waals surface area (Å²) < 4.78 is 120. The second kappa shape index (κ2) is 7.58. The molecular formula is C10H7F9N6O3. The fourth-order valence-electron chi connectivity index (χ4n) is 1.35. The number of aliphatic hydroxyl groups is 1. The number of esters is 1. The summed E-state index contributed by atoms with van der Waals surface area (Å²) in [5.74, 6) is -27.3. The number of aliphatic hydroxyl groups excluding tert-OH is 1. The standard InChI is InChI=1S/C10H7F9N6O3/c1-2-28-5(27)3(20-21-6-22-24-25-23-6)4(26)7(11,12)8(13,14)9(15,16)10(17,18)19/h26H,2H2,1H3,(H,22,23,24,25)/b4-3-,21-20?. The first-order valence-corrected chi connectivity index (χ1v) is 6.57. The third-order valence-corrected chi connectivity index (χ3v) is 2.71. The van der Waals surface area contributed by atoms with Gasteiger partial charge in [0.1, 0.15) is 0 Å². The highest BCUT2D eigenvalue weighted by Gasteiger charge is 2.83. The molecule has 0 bridgehead atoms. The maximum absolute atomic E-state index is 13.7. The van der Waals surface area contributed by atoms with Gasteiger partial charge >= 0.3 is 35.9 Å². The van der Waals surface area contributed by atoms with E-state index in [1.807, 2.05) is 0 Å². The second-order valence-electron chi connectivity index (χ2n) is 4.55. The summed E-state index contributed by atoms with van der Waals surface area (Å²) in [6, 6.07) is 0. The van der Waals surface area contributed by atoms with E-state index in [4.69, 9.17) is 0 Å². The van der Waals surface area contributed by atoms with Gasteiger partial charge in [-0.1, -0.05) is 5.10 Å². The second-order valence-corrected chi connectivity index (χ2v) is 4.55. The number of ether oxygens (including phenoxy) is 1. The first-order chi connectivity index (χ1) is 12.6. The van der Waals surface area contributed by atoms with E-state index in [9.17, 15) is 49.4 Å². The number of aromatic amines is 1. The molecule has 0 spiro atoms. The summed E-state index contributed by atoms with van der Waals surface area (Å²) in [6.07, 6.45) is -7.13. The molecule has 158 valence electrons. The van der Waals surface area contributed by atoms with E-state index >= 15 is 0 Å². The van der Waals surface area contributed by atoms with Gasteiger partial charge in [0.2, 0.25) is 11.5 Å². The number of hydrogen-bond donors (Lipinski definition) is 2. The van der Waals surface area contributed by atoms with Gasteiger partial charge < -0.3 is 9.84 Å². The average molecular weight is 430 g/mol. The van der Waals surface area contributed by atoms with E-state index in [0.717, 1.165) is 6.92 Å². The number of H-pyrrole nitrogens is 1. The molecule has 0 aliphatic rings. The molecule has 0 fully saturated rings. The molecule has 9 nitrogen and oxygen atoms in total. The molecule has 0 aromatic carbocycles. The molecule has 0 amide bonds. The molecule has 1 heterocycles. The van der Waals surface area contributed by atoms with Crippen molar-refractivity contribution in [2.24, 2.45) is 10.2 Å². The number of nitrogens with zero attached hydrogens (tertiary/aromatic N) is 5. The Morgan fingerprint density at radius 3 is 2.11 bits per heavy atom. The number of aromatic nitrogens is 4. The minimum absolute atomic E-state index is 0.617. The molecule has 18 heteroatoms. The van der Waals surface area contributed by atoms with Crippen LogP contribution >= 0.6 is 0 Å². The van der Waals surface area contributed by atoms with E-state index in [1.165, 1.54) is 0 Å². The van der Waals surface area contributed by atoms with Crippen molar-refractivity contribution in [3.63, 3.8) is 0 Å². The van der Waals surface area contributed by atoms with Crippen molar-refractivity contribution in [3.8, 4) is 0 Å². The topological polar surface area (TPSA) is 126 Å². The Labute approximate surface area is 147 Å². The predicted molar refractivity (Wildman–Crippen MR) is 65.9 cm³/mol. The smallest absolute Gasteiger partial charge is 0.460 e. The van der Waals surface area contributed by atoms with Gasteiger partial charge in [-0.3, -0.25) is 0 Å². The summed E-state index contributed by atoms with van der Waals surface area (Å²) in [5, 5.41) is 25.4. The molecule has 2 N–H and O–H groups in total. The Kier molecular flexibility index (Phi) is 6.25. The zero-order chi connectivity index (χ0) is 22.0. The molecule has 1 aromatic heterocycles. The maximum Gasteiger partial charge on any atom is 0.460 e. The quantitative estimate of drug-likeness (QED) is 0.225. The predicted octanol–water partition coefficient (Wildman–Crippen LogP) is 3.08. The van der Waals surface area contributed by atoms with Crippen molar-refractivity contribution >= 4 is 11.9 Å². The number of allylic oxidation sites excluding steroid dienone is 1. The van der Waals surface area contributed by atoms with Crippen LogP contribution < -0.4 is 0 Å². The van der Waals surface area contributed by atoms with Crippen LogP contribution in [-0.4, -0.2) is 62.3 Å². The van der Waals surface area contributed by atoms with Crippen LogP contribution in [0.3, 0.4) is 0 Å². The van der Waals surface area contributed by atoms with Crippen LogP contribution in [0.1, 0.15) is 6.92 Å². The number of halogens is 9. The summed E-state index contributed by atoms with van der Waals surface area (Å²) in [6.45, 7) is 0.460. The number of alkyl halides is 9. The monoisotopic (exact) mass is 430 g/mol. The largest absolute Gasteiger partial charge is 0.504 e. The van der Waals surface area contributed by atoms with E-state index in [2.05, 4.69) is 30.4 Å². The van der Waals surface area contributed by atoms with Crippen molar-refractivity contribution in [2.45, 2.75) is 30.9 Å². The van der Waals surface area contributed by atoms with Crippen LogP contribution in [0.15, 0.2) is 21.7 Å². The maximum atomic E-state index is 13.7. The Balaban J connectivity index is 3.56. The van der Waals surface area contributed by atoms with Crippen molar-refractivity contribution in [2.75, 3.05) is 6.61 Å². The highest BCUT2D eigenvalue weighted by Crippen LogP contribution is 2.55. The van der Waals surface area contributed by atoms with Crippen LogP contribution in [-0.2, 0) is 9.53 Å². The lowest BCUT2D eigenvalue weighted by Gasteiger charge is -2.33. The molecule has 1 aromatic rings. The zero-order valence-corrected chi connectivity index (χ0v) is 13.1. The number of azo groups is 1. The SMILES string of the molecule is CCOC(=O)/C(N=Nc1nn[nH]n1)=C(/O)C(F)(F)C(F)(F)C(F)(F)C(F)(F)F. The van der Waals surface area contributed by atoms with E-state index in [0.29, 0.717) is 0 Å². The lowest BCUT2D eigenvalue weighted by atomic mass is 10.0. The zero-order valence-electron chi connectivity index (χ0n) is 13.1. The first kappa shape index (κ1) is 23.1. The first-order valence-electron chi connectivity index (χ1n) is 6.57. The van der Waals surface area contributed by atoms with Crippen LogP contribution in [0.2, 0.25) is 0 Å². The lowest BCUT2D eigenvalue weighted by molar-refractivity contribution is -0.392. The van der Waals surface area contributed by atoms with Gasteiger partial charge in [-0.05, 0) is 12.1 Å². The molecule has 0 aliphatic carbocycles. The number of tetrazole rings is 1. The van der Waals surface area contributed by atoms with Crippen molar-refractivity contribution < 1.29 is 54.2 Å². The minimum Gasteiger partial charge on any atom is -0.504 e. The number of carbonyl (C=O) groups is 1. The van der Waals surface area contributed by atoms with Crippen molar-refractivity contribution in [1.29, 1.82) is 0 Å². The minimum atomic E-state index is -7.30. The van der Waals surface area contributed by atoms with Gasteiger partial charge in [0, 0.05) is 0 Å². The van der Waals surface area contributed by atoms with Crippen molar-refractivity contribution in [3.05, 3.63) is 11.5 Å². The molecular weight excluding hydrogens is 423 g/mol. The fraction of sp³-hybridized carbons (Fsp3) is 0.600. The third-order valence-electron chi connectivity index (χ3n) is 2.71. The van der Waals surface area contributed by atoms with Gasteiger partial charge in [-0.15, -0.1) is 15.3 Å². The number of carbonyl (C=O) groups excluding carboxylic acids is 1. The Bertz CT molecular complexity index is 759. The van der Waals surface area contributed by atoms with E-state index < -0.39 is 53.9 Å². The van der Waals surface area contributed by atoms with Crippen LogP contribution in [0.4, 0.5) is 45.5 Å². The summed E-state index contributed by atoms with van der Waals surface area (Å²) >= 11 is 0. The lowest BCUT2D eigenvalue weighted by Crippen LogP contribution is -2.61. The number of nitrogens with one attached hydrogen (secondary N) is 1. The molecule has 0 unspecified atom stereocenters. The highest BCUT2D eigenvalue weighted by molar-refractivity contribution is 5.88. The normalized spacial score (nSPS) is 14.9. The van der Waals surface area contributed by atoms with E-state index in [1.54, 1.807) is 5.21 Å². The van der Waals surface area contributed by atoms with Crippen LogP contribution in [0.5, 0.6) is 0 Å². The van der Waals surface area contributed by atoms with Crippen molar-refractivity contribution in [1.82, 2.24) is 20.6 Å². The molecule has 0 saturated heterocycles. The molecule has 28 heavy (non-hydrogen) atoms. The molecule has 0 aliphatic heterocycles. The average Bonchev–Trinajstić information content (AvgIpc) is 3.07. The van der Waals surface area contributed by atoms with E-state index in [-0.39, 0.29) is 0 Å². The molecule has 0 atom stereocenters. The van der Waals surface area contributed by atoms with Gasteiger partial charge in [-0.2, -0.15) is 44.7 Å². The summed E-state index contributed by atoms with van der Waals surface area (Å²) in [5.41, 5.74) is -2.20. The number of rotatable bonds is 7. The number of hydrogen-bond acceptors (Lipinski definition) is 8. The van der Waals surface area contributed by atoms with Gasteiger partial charge in [-0.25, -0.2) is 4.79 Å². The third kappa shape index (κ3) is 3.98. The highest BCUT2D eigenvalue weighted by atomic mass is 19.4. The van der Waals surface area contributed by atoms with Crippen LogP contribution in [0, 0.1) is 0 Å². The molecule has 1 rings (SSSR count). The Morgan fingerprint density at radius 1 is 1.11 bits per heavy atom. The van der Waals surface area contributed by atoms with Gasteiger partial charge in [0.25, 0.3) is 0 Å². The molecule has 0 radical (unpaired) electrons. The summed E-state index contributed by atoms with van der Waals surface area (Å²) in [4.78, 5) is 11.5. The van der Waals surface area contributed by atoms with Crippen LogP contribution in [0.25, 0.3) is 0 Å². The van der Waals surface area contributed by atoms with Gasteiger partial charge in [0.15, 0.2) is 0 Å². The summed E-state index contributed by atoms with van der Waals surface area (Å²) in [7, 11) is 0. The molecule has 0 saturated carbocycles. The fourth-order valence-corrected chi connectivity index (χ4v) is 1.35.